The van der Waals surface area contributed by atoms with Gasteiger partial charge in [-0.25, -0.2) is 4.39 Å². The molecule has 5 nitrogen and oxygen atoms in total. The minimum Gasteiger partial charge on any atom is -0.380 e. The number of nitrogens with zero attached hydrogens (tertiary/aromatic N) is 2. The number of hydrogen-bond donors (Lipinski definition) is 1. The largest absolute Gasteiger partial charge is 0.416 e. The molecule has 0 bridgehead atoms. The third-order valence-electron chi connectivity index (χ3n) is 3.18. The van der Waals surface area contributed by atoms with Crippen LogP contribution in [-0.2, 0) is 12.7 Å². The number of rotatable bonds is 4. The summed E-state index contributed by atoms with van der Waals surface area (Å²) in [6, 6.07) is 7.37. The summed E-state index contributed by atoms with van der Waals surface area (Å²) in [4.78, 5) is 9.97. The average Bonchev–Trinajstić information content (AvgIpc) is 2.52. The van der Waals surface area contributed by atoms with E-state index in [0.29, 0.717) is 6.07 Å². The monoisotopic (exact) mass is 339 g/mol. The molecule has 0 radical (unpaired) electrons. The maximum Gasteiger partial charge on any atom is 0.416 e. The van der Waals surface area contributed by atoms with Crippen molar-refractivity contribution in [2.24, 2.45) is 0 Å². The number of nitro groups is 1. The van der Waals surface area contributed by atoms with E-state index in [1.165, 1.54) is 6.07 Å². The average molecular weight is 339 g/mol. The Labute approximate surface area is 133 Å². The van der Waals surface area contributed by atoms with Crippen molar-refractivity contribution in [2.45, 2.75) is 12.7 Å². The third-order valence-corrected chi connectivity index (χ3v) is 3.18. The van der Waals surface area contributed by atoms with E-state index in [4.69, 9.17) is 5.26 Å². The molecule has 0 aliphatic rings. The Balaban J connectivity index is 2.29. The van der Waals surface area contributed by atoms with Crippen LogP contribution in [0.25, 0.3) is 0 Å². The molecule has 0 aliphatic carbocycles. The minimum absolute atomic E-state index is 0.0835. The second kappa shape index (κ2) is 6.54. The fraction of sp³-hybridized carbons (Fsp3) is 0.133. The number of nitro benzene ring substituents is 1. The van der Waals surface area contributed by atoms with Crippen molar-refractivity contribution in [2.75, 3.05) is 5.32 Å². The maximum atomic E-state index is 13.1. The van der Waals surface area contributed by atoms with Crippen molar-refractivity contribution in [3.05, 3.63) is 69.0 Å². The first-order valence-corrected chi connectivity index (χ1v) is 6.50. The van der Waals surface area contributed by atoms with Gasteiger partial charge in [-0.2, -0.15) is 18.4 Å². The molecule has 2 aromatic carbocycles. The quantitative estimate of drug-likeness (QED) is 0.513. The van der Waals surface area contributed by atoms with Crippen LogP contribution in [0.15, 0.2) is 36.4 Å². The van der Waals surface area contributed by atoms with Crippen LogP contribution in [0.4, 0.5) is 28.9 Å². The lowest BCUT2D eigenvalue weighted by molar-refractivity contribution is -0.384. The van der Waals surface area contributed by atoms with E-state index >= 15 is 0 Å². The van der Waals surface area contributed by atoms with Gasteiger partial charge in [0.1, 0.15) is 11.9 Å². The molecule has 0 unspecified atom stereocenters. The highest BCUT2D eigenvalue weighted by atomic mass is 19.4. The van der Waals surface area contributed by atoms with Crippen molar-refractivity contribution < 1.29 is 22.5 Å². The number of benzene rings is 2. The van der Waals surface area contributed by atoms with Crippen molar-refractivity contribution in [1.29, 1.82) is 5.26 Å². The molecular weight excluding hydrogens is 330 g/mol. The molecule has 0 heterocycles. The molecule has 0 saturated heterocycles. The van der Waals surface area contributed by atoms with Gasteiger partial charge in [0.05, 0.1) is 21.7 Å². The second-order valence-corrected chi connectivity index (χ2v) is 4.75. The van der Waals surface area contributed by atoms with Crippen molar-refractivity contribution in [3.8, 4) is 6.07 Å². The molecule has 0 aromatic heterocycles. The predicted octanol–water partition coefficient (Wildman–Crippen LogP) is 4.24. The van der Waals surface area contributed by atoms with Gasteiger partial charge in [0.2, 0.25) is 0 Å². The van der Waals surface area contributed by atoms with Crippen molar-refractivity contribution >= 4 is 11.4 Å². The Kier molecular flexibility index (Phi) is 4.69. The van der Waals surface area contributed by atoms with Crippen LogP contribution in [0.5, 0.6) is 0 Å². The summed E-state index contributed by atoms with van der Waals surface area (Å²) in [5.74, 6) is -1.01. The van der Waals surface area contributed by atoms with Crippen LogP contribution in [0.1, 0.15) is 16.7 Å². The first kappa shape index (κ1) is 17.2. The van der Waals surface area contributed by atoms with Gasteiger partial charge in [-0.05, 0) is 23.8 Å². The van der Waals surface area contributed by atoms with E-state index in [9.17, 15) is 27.7 Å². The number of alkyl halides is 3. The smallest absolute Gasteiger partial charge is 0.380 e. The number of halogens is 4. The highest BCUT2D eigenvalue weighted by Gasteiger charge is 2.33. The predicted molar refractivity (Wildman–Crippen MR) is 76.5 cm³/mol. The number of hydrogen-bond acceptors (Lipinski definition) is 4. The van der Waals surface area contributed by atoms with Crippen LogP contribution in [0, 0.1) is 27.3 Å². The highest BCUT2D eigenvalue weighted by molar-refractivity contribution is 5.61. The summed E-state index contributed by atoms with van der Waals surface area (Å²) < 4.78 is 51.8. The third kappa shape index (κ3) is 3.78. The molecule has 0 saturated carbocycles. The SMILES string of the molecule is N#Cc1cc([N+](=O)[O-])ccc1NCc1ccc(F)cc1C(F)(F)F. The Bertz CT molecular complexity index is 828. The summed E-state index contributed by atoms with van der Waals surface area (Å²) in [6.45, 7) is -0.332. The standard InChI is InChI=1S/C15H9F4N3O2/c16-11-2-1-9(13(6-11)15(17,18)19)8-21-14-4-3-12(22(23)24)5-10(14)7-20/h1-6,21H,8H2. The molecule has 9 heteroatoms. The Hall–Kier alpha value is -3.15. The summed E-state index contributed by atoms with van der Waals surface area (Å²) >= 11 is 0. The summed E-state index contributed by atoms with van der Waals surface area (Å²) in [6.07, 6.45) is -4.73. The van der Waals surface area contributed by atoms with Gasteiger partial charge in [0.25, 0.3) is 5.69 Å². The van der Waals surface area contributed by atoms with E-state index in [1.54, 1.807) is 6.07 Å². The normalized spacial score (nSPS) is 11.0. The van der Waals surface area contributed by atoms with Gasteiger partial charge < -0.3 is 5.32 Å². The lowest BCUT2D eigenvalue weighted by atomic mass is 10.1. The van der Waals surface area contributed by atoms with E-state index < -0.39 is 22.5 Å². The molecular formula is C15H9F4N3O2. The van der Waals surface area contributed by atoms with E-state index in [1.807, 2.05) is 0 Å². The van der Waals surface area contributed by atoms with Crippen LogP contribution in [0.3, 0.4) is 0 Å². The molecule has 24 heavy (non-hydrogen) atoms. The Morgan fingerprint density at radius 1 is 1.21 bits per heavy atom. The first-order chi connectivity index (χ1) is 11.2. The molecule has 1 N–H and O–H groups in total. The molecule has 0 aliphatic heterocycles. The number of non-ortho nitro benzene ring substituents is 1. The minimum atomic E-state index is -4.73. The zero-order chi connectivity index (χ0) is 17.9. The zero-order valence-corrected chi connectivity index (χ0v) is 11.9. The molecule has 124 valence electrons. The van der Waals surface area contributed by atoms with Gasteiger partial charge >= 0.3 is 6.18 Å². The fourth-order valence-electron chi connectivity index (χ4n) is 2.05. The van der Waals surface area contributed by atoms with E-state index in [2.05, 4.69) is 5.32 Å². The molecule has 2 rings (SSSR count). The summed E-state index contributed by atoms with van der Waals surface area (Å²) in [5.41, 5.74) is -1.60. The lowest BCUT2D eigenvalue weighted by Gasteiger charge is -2.14. The second-order valence-electron chi connectivity index (χ2n) is 4.75. The summed E-state index contributed by atoms with van der Waals surface area (Å²) in [7, 11) is 0. The molecule has 0 amide bonds. The van der Waals surface area contributed by atoms with E-state index in [0.717, 1.165) is 24.3 Å². The van der Waals surface area contributed by atoms with Crippen LogP contribution >= 0.6 is 0 Å². The Morgan fingerprint density at radius 2 is 1.92 bits per heavy atom. The Morgan fingerprint density at radius 3 is 2.50 bits per heavy atom. The molecule has 2 aromatic rings. The maximum absolute atomic E-state index is 13.1. The van der Waals surface area contributed by atoms with Gasteiger partial charge in [0.15, 0.2) is 0 Å². The first-order valence-electron chi connectivity index (χ1n) is 6.50. The van der Waals surface area contributed by atoms with Gasteiger partial charge in [0, 0.05) is 18.7 Å². The zero-order valence-electron chi connectivity index (χ0n) is 11.9. The van der Waals surface area contributed by atoms with Gasteiger partial charge in [-0.1, -0.05) is 6.07 Å². The molecule has 0 atom stereocenters. The van der Waals surface area contributed by atoms with Crippen LogP contribution in [-0.4, -0.2) is 4.92 Å². The van der Waals surface area contributed by atoms with Crippen molar-refractivity contribution in [3.63, 3.8) is 0 Å². The van der Waals surface area contributed by atoms with Gasteiger partial charge in [-0.3, -0.25) is 10.1 Å². The van der Waals surface area contributed by atoms with Crippen LogP contribution in [0.2, 0.25) is 0 Å². The van der Waals surface area contributed by atoms with Gasteiger partial charge in [-0.15, -0.1) is 0 Å². The summed E-state index contributed by atoms with van der Waals surface area (Å²) in [5, 5.41) is 22.3. The number of nitrogens with one attached hydrogen (secondary N) is 1. The molecule has 0 spiro atoms. The molecule has 0 fully saturated rings. The number of nitriles is 1. The van der Waals surface area contributed by atoms with Crippen LogP contribution < -0.4 is 5.32 Å². The topological polar surface area (TPSA) is 79.0 Å². The fourth-order valence-corrected chi connectivity index (χ4v) is 2.05. The lowest BCUT2D eigenvalue weighted by Crippen LogP contribution is -2.12. The number of anilines is 1. The highest BCUT2D eigenvalue weighted by Crippen LogP contribution is 2.33. The van der Waals surface area contributed by atoms with Crippen molar-refractivity contribution in [1.82, 2.24) is 0 Å². The van der Waals surface area contributed by atoms with E-state index in [-0.39, 0.29) is 29.0 Å².